The van der Waals surface area contributed by atoms with E-state index in [4.69, 9.17) is 9.47 Å². The highest BCUT2D eigenvalue weighted by Gasteiger charge is 2.22. The number of amides is 1. The lowest BCUT2D eigenvalue weighted by Gasteiger charge is -2.17. The van der Waals surface area contributed by atoms with Crippen LogP contribution in [0.2, 0.25) is 0 Å². The number of benzene rings is 4. The van der Waals surface area contributed by atoms with E-state index in [1.807, 2.05) is 60.7 Å². The van der Waals surface area contributed by atoms with Crippen LogP contribution in [0.1, 0.15) is 27.0 Å². The minimum absolute atomic E-state index is 0.0791. The number of rotatable bonds is 11. The van der Waals surface area contributed by atoms with Crippen LogP contribution in [0.3, 0.4) is 0 Å². The van der Waals surface area contributed by atoms with Gasteiger partial charge < -0.3 is 19.9 Å². The molecule has 0 fully saturated rings. The maximum absolute atomic E-state index is 12.7. The topological polar surface area (TPSA) is 84.9 Å². The van der Waals surface area contributed by atoms with E-state index in [-0.39, 0.29) is 6.42 Å². The number of carbonyl (C=O) groups excluding carboxylic acids is 1. The van der Waals surface area contributed by atoms with Gasteiger partial charge in [-0.2, -0.15) is 0 Å². The predicted molar refractivity (Wildman–Crippen MR) is 145 cm³/mol. The van der Waals surface area contributed by atoms with E-state index in [1.54, 1.807) is 42.5 Å². The van der Waals surface area contributed by atoms with Crippen LogP contribution < -0.4 is 14.8 Å². The first kappa shape index (κ1) is 26.0. The van der Waals surface area contributed by atoms with Gasteiger partial charge >= 0.3 is 5.97 Å². The van der Waals surface area contributed by atoms with Crippen LogP contribution in [0.5, 0.6) is 11.5 Å². The number of halogens is 1. The molecule has 0 radical (unpaired) electrons. The molecule has 188 valence electrons. The minimum Gasteiger partial charge on any atom is -0.485 e. The first-order chi connectivity index (χ1) is 18.0. The summed E-state index contributed by atoms with van der Waals surface area (Å²) >= 11 is 3.33. The minimum atomic E-state index is -1.13. The molecule has 0 bridgehead atoms. The van der Waals surface area contributed by atoms with Crippen molar-refractivity contribution in [2.24, 2.45) is 0 Å². The number of carboxylic acid groups (broad SMARTS) is 1. The van der Waals surface area contributed by atoms with Gasteiger partial charge in [0, 0.05) is 16.5 Å². The van der Waals surface area contributed by atoms with Gasteiger partial charge in [-0.05, 0) is 47.0 Å². The van der Waals surface area contributed by atoms with E-state index < -0.39 is 17.9 Å². The summed E-state index contributed by atoms with van der Waals surface area (Å²) < 4.78 is 12.9. The standard InChI is InChI=1S/C30H26BrNO5/c31-25-13-7-12-24(18-25)29(33)32-26(30(34)35)16-23-14-15-27(36-19-21-8-3-1-4-9-21)28(17-23)37-20-22-10-5-2-6-11-22/h1-15,17-18,26H,16,19-20H2,(H,32,33)(H,34,35)/t26-/m0/s1. The smallest absolute Gasteiger partial charge is 0.326 e. The summed E-state index contributed by atoms with van der Waals surface area (Å²) in [5, 5.41) is 12.4. The summed E-state index contributed by atoms with van der Waals surface area (Å²) in [7, 11) is 0. The Bertz CT molecular complexity index is 1340. The van der Waals surface area contributed by atoms with Gasteiger partial charge in [0.1, 0.15) is 19.3 Å². The lowest BCUT2D eigenvalue weighted by Crippen LogP contribution is -2.42. The summed E-state index contributed by atoms with van der Waals surface area (Å²) in [6, 6.07) is 30.5. The van der Waals surface area contributed by atoms with Crippen LogP contribution in [0.25, 0.3) is 0 Å². The van der Waals surface area contributed by atoms with Crippen molar-refractivity contribution in [2.75, 3.05) is 0 Å². The number of ether oxygens (including phenoxy) is 2. The zero-order chi connectivity index (χ0) is 26.0. The Labute approximate surface area is 224 Å². The quantitative estimate of drug-likeness (QED) is 0.234. The van der Waals surface area contributed by atoms with Gasteiger partial charge in [-0.3, -0.25) is 4.79 Å². The largest absolute Gasteiger partial charge is 0.485 e. The fraction of sp³-hybridized carbons (Fsp3) is 0.133. The molecule has 37 heavy (non-hydrogen) atoms. The average molecular weight is 560 g/mol. The van der Waals surface area contributed by atoms with E-state index in [0.29, 0.717) is 35.8 Å². The van der Waals surface area contributed by atoms with Crippen molar-refractivity contribution >= 4 is 27.8 Å². The molecule has 0 spiro atoms. The van der Waals surface area contributed by atoms with E-state index in [1.165, 1.54) is 0 Å². The highest BCUT2D eigenvalue weighted by Crippen LogP contribution is 2.30. The Morgan fingerprint density at radius 3 is 1.95 bits per heavy atom. The summed E-state index contributed by atoms with van der Waals surface area (Å²) in [6.45, 7) is 0.691. The van der Waals surface area contributed by atoms with Crippen molar-refractivity contribution in [3.8, 4) is 11.5 Å². The molecule has 0 saturated carbocycles. The second kappa shape index (κ2) is 12.7. The van der Waals surface area contributed by atoms with E-state index in [9.17, 15) is 14.7 Å². The molecule has 0 unspecified atom stereocenters. The molecule has 0 aliphatic heterocycles. The molecule has 4 rings (SSSR count). The lowest BCUT2D eigenvalue weighted by atomic mass is 10.0. The van der Waals surface area contributed by atoms with E-state index in [2.05, 4.69) is 21.2 Å². The van der Waals surface area contributed by atoms with Crippen molar-refractivity contribution in [1.29, 1.82) is 0 Å². The van der Waals surface area contributed by atoms with Gasteiger partial charge in [0.15, 0.2) is 11.5 Å². The molecule has 7 heteroatoms. The van der Waals surface area contributed by atoms with Crippen LogP contribution in [-0.2, 0) is 24.4 Å². The third kappa shape index (κ3) is 7.69. The summed E-state index contributed by atoms with van der Waals surface area (Å²) in [5.41, 5.74) is 3.07. The maximum Gasteiger partial charge on any atom is 0.326 e. The molecule has 0 saturated heterocycles. The first-order valence-corrected chi connectivity index (χ1v) is 12.5. The van der Waals surface area contributed by atoms with E-state index >= 15 is 0 Å². The molecule has 0 aromatic heterocycles. The van der Waals surface area contributed by atoms with Crippen molar-refractivity contribution in [3.05, 3.63) is 130 Å². The number of aliphatic carboxylic acids is 1. The zero-order valence-electron chi connectivity index (χ0n) is 20.0. The molecule has 1 amide bonds. The molecule has 2 N–H and O–H groups in total. The van der Waals surface area contributed by atoms with Crippen LogP contribution in [0, 0.1) is 0 Å². The van der Waals surface area contributed by atoms with E-state index in [0.717, 1.165) is 15.6 Å². The highest BCUT2D eigenvalue weighted by atomic mass is 79.9. The van der Waals surface area contributed by atoms with Crippen molar-refractivity contribution < 1.29 is 24.2 Å². The summed E-state index contributed by atoms with van der Waals surface area (Å²) in [4.78, 5) is 24.6. The van der Waals surface area contributed by atoms with Gasteiger partial charge in [-0.25, -0.2) is 4.79 Å². The van der Waals surface area contributed by atoms with Crippen molar-refractivity contribution in [1.82, 2.24) is 5.32 Å². The highest BCUT2D eigenvalue weighted by molar-refractivity contribution is 9.10. The number of nitrogens with one attached hydrogen (secondary N) is 1. The van der Waals surface area contributed by atoms with Gasteiger partial charge in [0.25, 0.3) is 5.91 Å². The van der Waals surface area contributed by atoms with Crippen LogP contribution >= 0.6 is 15.9 Å². The summed E-state index contributed by atoms with van der Waals surface area (Å²) in [6.07, 6.45) is 0.0791. The molecular weight excluding hydrogens is 534 g/mol. The zero-order valence-corrected chi connectivity index (χ0v) is 21.6. The average Bonchev–Trinajstić information content (AvgIpc) is 2.92. The van der Waals surface area contributed by atoms with Gasteiger partial charge in [0.05, 0.1) is 0 Å². The molecule has 0 aliphatic carbocycles. The SMILES string of the molecule is O=C(N[C@@H](Cc1ccc(OCc2ccccc2)c(OCc2ccccc2)c1)C(=O)O)c1cccc(Br)c1. The second-order valence-electron chi connectivity index (χ2n) is 8.41. The monoisotopic (exact) mass is 559 g/mol. The fourth-order valence-corrected chi connectivity index (χ4v) is 4.09. The van der Waals surface area contributed by atoms with Gasteiger partial charge in [-0.1, -0.05) is 88.7 Å². The first-order valence-electron chi connectivity index (χ1n) is 11.7. The molecule has 0 aliphatic rings. The van der Waals surface area contributed by atoms with Crippen molar-refractivity contribution in [3.63, 3.8) is 0 Å². The Kier molecular flexibility index (Phi) is 8.94. The molecule has 4 aromatic carbocycles. The molecule has 4 aromatic rings. The number of carboxylic acids is 1. The normalized spacial score (nSPS) is 11.4. The second-order valence-corrected chi connectivity index (χ2v) is 9.32. The summed E-state index contributed by atoms with van der Waals surface area (Å²) in [5.74, 6) is -0.537. The molecule has 6 nitrogen and oxygen atoms in total. The Morgan fingerprint density at radius 1 is 0.730 bits per heavy atom. The number of carbonyl (C=O) groups is 2. The van der Waals surface area contributed by atoms with Crippen LogP contribution in [0.4, 0.5) is 0 Å². The predicted octanol–water partition coefficient (Wildman–Crippen LogP) is 6.03. The molecule has 1 atom stereocenters. The Balaban J connectivity index is 1.52. The van der Waals surface area contributed by atoms with Crippen molar-refractivity contribution in [2.45, 2.75) is 25.7 Å². The van der Waals surface area contributed by atoms with Gasteiger partial charge in [-0.15, -0.1) is 0 Å². The lowest BCUT2D eigenvalue weighted by molar-refractivity contribution is -0.139. The van der Waals surface area contributed by atoms with Crippen LogP contribution in [-0.4, -0.2) is 23.0 Å². The third-order valence-corrected chi connectivity index (χ3v) is 6.11. The number of hydrogen-bond donors (Lipinski definition) is 2. The maximum atomic E-state index is 12.7. The Hall–Kier alpha value is -4.10. The molecule has 0 heterocycles. The van der Waals surface area contributed by atoms with Crippen LogP contribution in [0.15, 0.2) is 108 Å². The molecular formula is C30H26BrNO5. The Morgan fingerprint density at radius 2 is 1.35 bits per heavy atom. The van der Waals surface area contributed by atoms with Gasteiger partial charge in [0.2, 0.25) is 0 Å². The fourth-order valence-electron chi connectivity index (χ4n) is 3.69. The number of hydrogen-bond acceptors (Lipinski definition) is 4. The third-order valence-electron chi connectivity index (χ3n) is 5.61.